The highest BCUT2D eigenvalue weighted by Gasteiger charge is 2.16. The van der Waals surface area contributed by atoms with Crippen molar-refractivity contribution in [1.29, 1.82) is 0 Å². The molecule has 0 aliphatic heterocycles. The molecule has 1 aromatic heterocycles. The molecule has 1 heterocycles. The predicted molar refractivity (Wildman–Crippen MR) is 74.6 cm³/mol. The van der Waals surface area contributed by atoms with Crippen LogP contribution in [-0.4, -0.2) is 25.2 Å². The van der Waals surface area contributed by atoms with Gasteiger partial charge in [-0.25, -0.2) is 0 Å². The summed E-state index contributed by atoms with van der Waals surface area (Å²) in [5.74, 6) is 0. The summed E-state index contributed by atoms with van der Waals surface area (Å²) in [6, 6.07) is 10.6. The van der Waals surface area contributed by atoms with Gasteiger partial charge in [0.2, 0.25) is 0 Å². The van der Waals surface area contributed by atoms with E-state index in [-0.39, 0.29) is 12.1 Å². The summed E-state index contributed by atoms with van der Waals surface area (Å²) in [5, 5.41) is 4.54. The quantitative estimate of drug-likeness (QED) is 0.878. The smallest absolute Gasteiger partial charge is 0.0749 e. The average molecular weight is 244 g/mol. The molecular weight excluding hydrogens is 224 g/mol. The number of nitrogens with one attached hydrogen (secondary N) is 1. The molecular formula is C15H20N2O. The molecule has 1 N–H and O–H groups in total. The highest BCUT2D eigenvalue weighted by molar-refractivity contribution is 5.81. The van der Waals surface area contributed by atoms with Crippen LogP contribution in [0, 0.1) is 0 Å². The van der Waals surface area contributed by atoms with E-state index in [2.05, 4.69) is 41.5 Å². The van der Waals surface area contributed by atoms with Crippen molar-refractivity contribution in [1.82, 2.24) is 10.3 Å². The van der Waals surface area contributed by atoms with E-state index in [0.717, 1.165) is 11.9 Å². The van der Waals surface area contributed by atoms with Crippen LogP contribution >= 0.6 is 0 Å². The highest BCUT2D eigenvalue weighted by Crippen LogP contribution is 2.25. The van der Waals surface area contributed by atoms with Gasteiger partial charge in [-0.15, -0.1) is 0 Å². The zero-order chi connectivity index (χ0) is 13.0. The number of benzene rings is 1. The lowest BCUT2D eigenvalue weighted by molar-refractivity contribution is 0.101. The molecule has 2 atom stereocenters. The molecule has 0 aliphatic rings. The maximum absolute atomic E-state index is 5.36. The molecule has 96 valence electrons. The van der Waals surface area contributed by atoms with Crippen molar-refractivity contribution in [2.24, 2.45) is 0 Å². The van der Waals surface area contributed by atoms with Crippen molar-refractivity contribution in [3.63, 3.8) is 0 Å². The largest absolute Gasteiger partial charge is 0.382 e. The number of hydrogen-bond donors (Lipinski definition) is 1. The van der Waals surface area contributed by atoms with E-state index in [0.29, 0.717) is 0 Å². The van der Waals surface area contributed by atoms with Crippen LogP contribution < -0.4 is 5.32 Å². The summed E-state index contributed by atoms with van der Waals surface area (Å²) in [6.07, 6.45) is 3.00. The number of fused-ring (bicyclic) bond motifs is 1. The third kappa shape index (κ3) is 2.68. The Morgan fingerprint density at radius 3 is 2.78 bits per heavy atom. The Bertz CT molecular complexity index is 507. The number of rotatable bonds is 5. The van der Waals surface area contributed by atoms with E-state index in [1.54, 1.807) is 7.11 Å². The second-order valence-electron chi connectivity index (χ2n) is 4.55. The molecule has 0 saturated heterocycles. The van der Waals surface area contributed by atoms with Gasteiger partial charge in [0.25, 0.3) is 0 Å². The maximum atomic E-state index is 5.36. The molecule has 18 heavy (non-hydrogen) atoms. The first-order valence-corrected chi connectivity index (χ1v) is 6.30. The number of ether oxygens (including phenoxy) is 1. The van der Waals surface area contributed by atoms with Gasteiger partial charge in [0.1, 0.15) is 0 Å². The third-order valence-electron chi connectivity index (χ3n) is 3.36. The summed E-state index contributed by atoms with van der Waals surface area (Å²) in [7, 11) is 3.73. The summed E-state index contributed by atoms with van der Waals surface area (Å²) < 4.78 is 5.36. The Morgan fingerprint density at radius 1 is 1.28 bits per heavy atom. The summed E-state index contributed by atoms with van der Waals surface area (Å²) in [6.45, 7) is 2.09. The molecule has 0 radical (unpaired) electrons. The summed E-state index contributed by atoms with van der Waals surface area (Å²) >= 11 is 0. The first kappa shape index (κ1) is 13.0. The molecule has 2 aromatic rings. The number of methoxy groups -OCH3 is 1. The van der Waals surface area contributed by atoms with E-state index in [4.69, 9.17) is 4.74 Å². The fourth-order valence-corrected chi connectivity index (χ4v) is 2.24. The molecule has 0 spiro atoms. The minimum atomic E-state index is 0.224. The number of hydrogen-bond acceptors (Lipinski definition) is 3. The van der Waals surface area contributed by atoms with Gasteiger partial charge >= 0.3 is 0 Å². The zero-order valence-electron chi connectivity index (χ0n) is 11.2. The third-order valence-corrected chi connectivity index (χ3v) is 3.36. The molecule has 2 rings (SSSR count). The first-order chi connectivity index (χ1) is 8.76. The van der Waals surface area contributed by atoms with Crippen LogP contribution in [0.3, 0.4) is 0 Å². The maximum Gasteiger partial charge on any atom is 0.0749 e. The van der Waals surface area contributed by atoms with Gasteiger partial charge < -0.3 is 10.1 Å². The number of pyridine rings is 1. The van der Waals surface area contributed by atoms with Crippen molar-refractivity contribution in [3.05, 3.63) is 42.1 Å². The number of aromatic nitrogens is 1. The van der Waals surface area contributed by atoms with Gasteiger partial charge in [-0.2, -0.15) is 0 Å². The SMILES string of the molecule is CNC(CC(C)OC)c1cccc2cccnc12. The van der Waals surface area contributed by atoms with Crippen LogP contribution in [0.25, 0.3) is 10.9 Å². The lowest BCUT2D eigenvalue weighted by atomic mass is 9.98. The van der Waals surface area contributed by atoms with Gasteiger partial charge in [0.05, 0.1) is 11.6 Å². The number of para-hydroxylation sites is 1. The standard InChI is InChI=1S/C15H20N2O/c1-11(18-3)10-14(16-2)13-8-4-6-12-7-5-9-17-15(12)13/h4-9,11,14,16H,10H2,1-3H3. The normalized spacial score (nSPS) is 14.6. The molecule has 3 heteroatoms. The van der Waals surface area contributed by atoms with Crippen LogP contribution in [0.1, 0.15) is 24.9 Å². The predicted octanol–water partition coefficient (Wildman–Crippen LogP) is 2.92. The minimum absolute atomic E-state index is 0.224. The van der Waals surface area contributed by atoms with E-state index in [1.807, 2.05) is 19.3 Å². The zero-order valence-corrected chi connectivity index (χ0v) is 11.2. The lowest BCUT2D eigenvalue weighted by Crippen LogP contribution is -2.22. The Morgan fingerprint density at radius 2 is 2.06 bits per heavy atom. The Balaban J connectivity index is 2.38. The molecule has 0 amide bonds. The van der Waals surface area contributed by atoms with Gasteiger partial charge in [-0.1, -0.05) is 24.3 Å². The molecule has 0 saturated carbocycles. The topological polar surface area (TPSA) is 34.1 Å². The summed E-state index contributed by atoms with van der Waals surface area (Å²) in [4.78, 5) is 4.50. The van der Waals surface area contributed by atoms with Crippen molar-refractivity contribution >= 4 is 10.9 Å². The second-order valence-corrected chi connectivity index (χ2v) is 4.55. The van der Waals surface area contributed by atoms with E-state index < -0.39 is 0 Å². The van der Waals surface area contributed by atoms with Crippen molar-refractivity contribution in [2.45, 2.75) is 25.5 Å². The highest BCUT2D eigenvalue weighted by atomic mass is 16.5. The second kappa shape index (κ2) is 5.94. The summed E-state index contributed by atoms with van der Waals surface area (Å²) in [5.41, 5.74) is 2.31. The van der Waals surface area contributed by atoms with Gasteiger partial charge in [0, 0.05) is 24.7 Å². The average Bonchev–Trinajstić information content (AvgIpc) is 2.44. The van der Waals surface area contributed by atoms with Crippen molar-refractivity contribution in [2.75, 3.05) is 14.2 Å². The first-order valence-electron chi connectivity index (χ1n) is 6.30. The fraction of sp³-hybridized carbons (Fsp3) is 0.400. The lowest BCUT2D eigenvalue weighted by Gasteiger charge is -2.21. The molecule has 0 aliphatic carbocycles. The minimum Gasteiger partial charge on any atom is -0.382 e. The molecule has 1 aromatic carbocycles. The molecule has 2 unspecified atom stereocenters. The van der Waals surface area contributed by atoms with Crippen LogP contribution in [0.5, 0.6) is 0 Å². The van der Waals surface area contributed by atoms with Crippen LogP contribution in [-0.2, 0) is 4.74 Å². The molecule has 0 fully saturated rings. The van der Waals surface area contributed by atoms with Crippen LogP contribution in [0.4, 0.5) is 0 Å². The van der Waals surface area contributed by atoms with E-state index >= 15 is 0 Å². The monoisotopic (exact) mass is 244 g/mol. The Labute approximate surface area is 108 Å². The Kier molecular flexibility index (Phi) is 4.28. The molecule has 3 nitrogen and oxygen atoms in total. The van der Waals surface area contributed by atoms with Crippen molar-refractivity contribution in [3.8, 4) is 0 Å². The van der Waals surface area contributed by atoms with E-state index in [1.165, 1.54) is 10.9 Å². The van der Waals surface area contributed by atoms with Crippen molar-refractivity contribution < 1.29 is 4.74 Å². The van der Waals surface area contributed by atoms with Gasteiger partial charge in [0.15, 0.2) is 0 Å². The molecule has 0 bridgehead atoms. The number of nitrogens with zero attached hydrogens (tertiary/aromatic N) is 1. The van der Waals surface area contributed by atoms with Crippen LogP contribution in [0.15, 0.2) is 36.5 Å². The van der Waals surface area contributed by atoms with Gasteiger partial charge in [-0.05, 0) is 32.0 Å². The fourth-order valence-electron chi connectivity index (χ4n) is 2.24. The van der Waals surface area contributed by atoms with Crippen LogP contribution in [0.2, 0.25) is 0 Å². The van der Waals surface area contributed by atoms with Gasteiger partial charge in [-0.3, -0.25) is 4.98 Å². The Hall–Kier alpha value is -1.45. The van der Waals surface area contributed by atoms with E-state index in [9.17, 15) is 0 Å².